The molecule has 0 spiro atoms. The Balaban J connectivity index is 1.78. The molecule has 0 aliphatic heterocycles. The Bertz CT molecular complexity index is 1330. The molecule has 0 unspecified atom stereocenters. The SMILES string of the molecule is CCOc1cccc(NC(=O)/C(C#N)=C/c2cc(Cl)c(OCc3ccc(C(=O)O)cc3)c(OC)c2)c1. The number of carbonyl (C=O) groups is 2. The molecule has 0 saturated heterocycles. The largest absolute Gasteiger partial charge is 0.494 e. The van der Waals surface area contributed by atoms with E-state index in [2.05, 4.69) is 5.32 Å². The number of hydrogen-bond donors (Lipinski definition) is 2. The number of nitrogens with one attached hydrogen (secondary N) is 1. The fraction of sp³-hybridized carbons (Fsp3) is 0.148. The standard InChI is InChI=1S/C27H23ClN2O6/c1-3-35-22-6-4-5-21(14-22)30-26(31)20(15-29)11-18-12-23(28)25(24(13-18)34-2)36-16-17-7-9-19(10-8-17)27(32)33/h4-14H,3,16H2,1-2H3,(H,30,31)(H,32,33)/b20-11+. The smallest absolute Gasteiger partial charge is 0.335 e. The number of nitrogens with zero attached hydrogens (tertiary/aromatic N) is 1. The van der Waals surface area contributed by atoms with Crippen LogP contribution in [0.2, 0.25) is 5.02 Å². The molecule has 0 atom stereocenters. The molecule has 2 N–H and O–H groups in total. The second-order valence-electron chi connectivity index (χ2n) is 7.41. The van der Waals surface area contributed by atoms with E-state index in [1.165, 1.54) is 25.3 Å². The molecule has 3 aromatic rings. The molecule has 1 amide bonds. The van der Waals surface area contributed by atoms with Crippen LogP contribution in [0.15, 0.2) is 66.2 Å². The van der Waals surface area contributed by atoms with E-state index in [1.807, 2.05) is 13.0 Å². The van der Waals surface area contributed by atoms with E-state index >= 15 is 0 Å². The molecule has 0 aliphatic carbocycles. The van der Waals surface area contributed by atoms with Crippen LogP contribution in [0.1, 0.15) is 28.4 Å². The summed E-state index contributed by atoms with van der Waals surface area (Å²) in [6.07, 6.45) is 1.39. The van der Waals surface area contributed by atoms with Gasteiger partial charge in [0.1, 0.15) is 24.0 Å². The van der Waals surface area contributed by atoms with Gasteiger partial charge in [-0.25, -0.2) is 4.79 Å². The quantitative estimate of drug-likeness (QED) is 0.272. The van der Waals surface area contributed by atoms with Crippen molar-refractivity contribution in [2.24, 2.45) is 0 Å². The monoisotopic (exact) mass is 506 g/mol. The van der Waals surface area contributed by atoms with Gasteiger partial charge in [0.25, 0.3) is 5.91 Å². The molecule has 3 rings (SSSR count). The average molecular weight is 507 g/mol. The van der Waals surface area contributed by atoms with Crippen molar-refractivity contribution in [3.05, 3.63) is 87.9 Å². The summed E-state index contributed by atoms with van der Waals surface area (Å²) in [6.45, 7) is 2.47. The Morgan fingerprint density at radius 3 is 2.50 bits per heavy atom. The van der Waals surface area contributed by atoms with Crippen LogP contribution in [0.5, 0.6) is 17.2 Å². The lowest BCUT2D eigenvalue weighted by Gasteiger charge is -2.14. The van der Waals surface area contributed by atoms with E-state index in [4.69, 9.17) is 30.9 Å². The molecule has 184 valence electrons. The molecule has 0 fully saturated rings. The molecule has 9 heteroatoms. The van der Waals surface area contributed by atoms with Gasteiger partial charge in [0.05, 0.1) is 24.3 Å². The fourth-order valence-corrected chi connectivity index (χ4v) is 3.48. The highest BCUT2D eigenvalue weighted by atomic mass is 35.5. The van der Waals surface area contributed by atoms with Gasteiger partial charge in [-0.05, 0) is 60.5 Å². The minimum Gasteiger partial charge on any atom is -0.494 e. The van der Waals surface area contributed by atoms with Crippen molar-refractivity contribution in [1.29, 1.82) is 5.26 Å². The normalized spacial score (nSPS) is 10.8. The number of aromatic carboxylic acids is 1. The third-order valence-electron chi connectivity index (χ3n) is 4.91. The molecule has 8 nitrogen and oxygen atoms in total. The molecule has 36 heavy (non-hydrogen) atoms. The van der Waals surface area contributed by atoms with Crippen molar-refractivity contribution in [1.82, 2.24) is 0 Å². The number of rotatable bonds is 10. The average Bonchev–Trinajstić information content (AvgIpc) is 2.87. The second-order valence-corrected chi connectivity index (χ2v) is 7.82. The summed E-state index contributed by atoms with van der Waals surface area (Å²) in [4.78, 5) is 23.7. The van der Waals surface area contributed by atoms with Crippen LogP contribution in [-0.4, -0.2) is 30.7 Å². The predicted molar refractivity (Wildman–Crippen MR) is 136 cm³/mol. The van der Waals surface area contributed by atoms with E-state index in [-0.39, 0.29) is 28.5 Å². The van der Waals surface area contributed by atoms with Crippen molar-refractivity contribution in [3.63, 3.8) is 0 Å². The van der Waals surface area contributed by atoms with Gasteiger partial charge in [-0.2, -0.15) is 5.26 Å². The van der Waals surface area contributed by atoms with Crippen LogP contribution in [0.25, 0.3) is 6.08 Å². The molecular weight excluding hydrogens is 484 g/mol. The highest BCUT2D eigenvalue weighted by molar-refractivity contribution is 6.32. The van der Waals surface area contributed by atoms with Gasteiger partial charge in [-0.15, -0.1) is 0 Å². The van der Waals surface area contributed by atoms with Crippen molar-refractivity contribution in [2.45, 2.75) is 13.5 Å². The van der Waals surface area contributed by atoms with Gasteiger partial charge < -0.3 is 24.6 Å². The summed E-state index contributed by atoms with van der Waals surface area (Å²) in [5.74, 6) is -0.429. The summed E-state index contributed by atoms with van der Waals surface area (Å²) in [7, 11) is 1.44. The van der Waals surface area contributed by atoms with Crippen LogP contribution in [0.4, 0.5) is 5.69 Å². The van der Waals surface area contributed by atoms with Crippen LogP contribution >= 0.6 is 11.6 Å². The fourth-order valence-electron chi connectivity index (χ4n) is 3.21. The van der Waals surface area contributed by atoms with Crippen LogP contribution in [0.3, 0.4) is 0 Å². The van der Waals surface area contributed by atoms with Gasteiger partial charge in [-0.1, -0.05) is 29.8 Å². The summed E-state index contributed by atoms with van der Waals surface area (Å²) >= 11 is 6.42. The van der Waals surface area contributed by atoms with E-state index in [0.717, 1.165) is 5.56 Å². The number of methoxy groups -OCH3 is 1. The molecular formula is C27H23ClN2O6. The molecule has 0 radical (unpaired) electrons. The lowest BCUT2D eigenvalue weighted by Crippen LogP contribution is -2.13. The highest BCUT2D eigenvalue weighted by Crippen LogP contribution is 2.37. The molecule has 0 heterocycles. The van der Waals surface area contributed by atoms with Crippen molar-refractivity contribution in [3.8, 4) is 23.3 Å². The molecule has 3 aromatic carbocycles. The minimum absolute atomic E-state index is 0.123. The van der Waals surface area contributed by atoms with Gasteiger partial charge in [0.15, 0.2) is 11.5 Å². The predicted octanol–water partition coefficient (Wildman–Crippen LogP) is 5.57. The highest BCUT2D eigenvalue weighted by Gasteiger charge is 2.15. The topological polar surface area (TPSA) is 118 Å². The zero-order valence-corrected chi connectivity index (χ0v) is 20.3. The Morgan fingerprint density at radius 1 is 1.11 bits per heavy atom. The van der Waals surface area contributed by atoms with E-state index < -0.39 is 11.9 Å². The Morgan fingerprint density at radius 2 is 1.86 bits per heavy atom. The number of halogens is 1. The zero-order valence-electron chi connectivity index (χ0n) is 19.6. The summed E-state index contributed by atoms with van der Waals surface area (Å²) in [6, 6.07) is 18.1. The summed E-state index contributed by atoms with van der Waals surface area (Å²) < 4.78 is 16.6. The maximum atomic E-state index is 12.7. The Kier molecular flexibility index (Phi) is 8.92. The van der Waals surface area contributed by atoms with Gasteiger partial charge in [0, 0.05) is 11.8 Å². The first-order valence-electron chi connectivity index (χ1n) is 10.8. The Hall–Kier alpha value is -4.48. The number of amides is 1. The van der Waals surface area contributed by atoms with Crippen LogP contribution in [-0.2, 0) is 11.4 Å². The van der Waals surface area contributed by atoms with Crippen molar-refractivity contribution in [2.75, 3.05) is 19.0 Å². The van der Waals surface area contributed by atoms with Crippen molar-refractivity contribution >= 4 is 35.2 Å². The van der Waals surface area contributed by atoms with Gasteiger partial charge >= 0.3 is 5.97 Å². The maximum Gasteiger partial charge on any atom is 0.335 e. The van der Waals surface area contributed by atoms with Crippen LogP contribution in [0, 0.1) is 11.3 Å². The zero-order chi connectivity index (χ0) is 26.1. The second kappa shape index (κ2) is 12.3. The number of carboxylic acid groups (broad SMARTS) is 1. The number of carboxylic acids is 1. The number of ether oxygens (including phenoxy) is 3. The van der Waals surface area contributed by atoms with Gasteiger partial charge in [0.2, 0.25) is 0 Å². The van der Waals surface area contributed by atoms with E-state index in [1.54, 1.807) is 48.5 Å². The van der Waals surface area contributed by atoms with E-state index in [0.29, 0.717) is 29.4 Å². The lowest BCUT2D eigenvalue weighted by atomic mass is 10.1. The first-order chi connectivity index (χ1) is 17.3. The number of hydrogen-bond acceptors (Lipinski definition) is 6. The minimum atomic E-state index is -1.01. The molecule has 0 aliphatic rings. The number of anilines is 1. The van der Waals surface area contributed by atoms with E-state index in [9.17, 15) is 14.9 Å². The number of benzene rings is 3. The van der Waals surface area contributed by atoms with Gasteiger partial charge in [-0.3, -0.25) is 4.79 Å². The summed E-state index contributed by atoms with van der Waals surface area (Å²) in [5, 5.41) is 21.5. The third-order valence-corrected chi connectivity index (χ3v) is 5.20. The summed E-state index contributed by atoms with van der Waals surface area (Å²) in [5.41, 5.74) is 1.72. The number of carbonyl (C=O) groups excluding carboxylic acids is 1. The number of nitriles is 1. The first kappa shape index (κ1) is 26.1. The van der Waals surface area contributed by atoms with Crippen molar-refractivity contribution < 1.29 is 28.9 Å². The maximum absolute atomic E-state index is 12.7. The van der Waals surface area contributed by atoms with Crippen LogP contribution < -0.4 is 19.5 Å². The lowest BCUT2D eigenvalue weighted by molar-refractivity contribution is -0.112. The molecule has 0 bridgehead atoms. The molecule has 0 aromatic heterocycles. The third kappa shape index (κ3) is 6.78. The first-order valence-corrected chi connectivity index (χ1v) is 11.2. The Labute approximate surface area is 213 Å². The molecule has 0 saturated carbocycles.